The molecular formula is C40H46N4O8S. The minimum Gasteiger partial charge on any atom is -0.759 e. The van der Waals surface area contributed by atoms with Gasteiger partial charge in [0.15, 0.2) is 35.5 Å². The van der Waals surface area contributed by atoms with Gasteiger partial charge in [0.1, 0.15) is 0 Å². The number of fused-ring (bicyclic) bond motifs is 4. The van der Waals surface area contributed by atoms with Crippen LogP contribution in [0.25, 0.3) is 0 Å². The molecule has 53 heavy (non-hydrogen) atoms. The van der Waals surface area contributed by atoms with Gasteiger partial charge in [-0.05, 0) is 12.1 Å². The van der Waals surface area contributed by atoms with Gasteiger partial charge in [-0.25, -0.2) is 0 Å². The Morgan fingerprint density at radius 3 is 1.02 bits per heavy atom. The molecule has 0 bridgehead atoms. The largest absolute Gasteiger partial charge is 0.759 e. The van der Waals surface area contributed by atoms with Crippen LogP contribution >= 0.6 is 0 Å². The van der Waals surface area contributed by atoms with Gasteiger partial charge >= 0.3 is 0 Å². The Morgan fingerprint density at radius 1 is 0.491 bits per heavy atom. The lowest BCUT2D eigenvalue weighted by molar-refractivity contribution is -0.892. The van der Waals surface area contributed by atoms with Crippen molar-refractivity contribution in [2.75, 3.05) is 52.9 Å². The molecule has 0 saturated carbocycles. The van der Waals surface area contributed by atoms with E-state index in [1.807, 2.05) is 24.3 Å². The monoisotopic (exact) mass is 742 g/mol. The highest BCUT2D eigenvalue weighted by Crippen LogP contribution is 2.34. The van der Waals surface area contributed by atoms with Crippen LogP contribution < -0.4 is 10.6 Å². The fraction of sp³-hybridized carbons (Fsp3) is 0.300. The van der Waals surface area contributed by atoms with Crippen LogP contribution in [0.3, 0.4) is 0 Å². The second-order valence-electron chi connectivity index (χ2n) is 14.6. The van der Waals surface area contributed by atoms with Crippen molar-refractivity contribution in [3.8, 4) is 0 Å². The van der Waals surface area contributed by atoms with Gasteiger partial charge < -0.3 is 28.7 Å². The molecule has 2 unspecified atom stereocenters. The summed E-state index contributed by atoms with van der Waals surface area (Å²) in [7, 11) is 7.49. The van der Waals surface area contributed by atoms with Crippen LogP contribution in [0.15, 0.2) is 84.9 Å². The highest BCUT2D eigenvalue weighted by molar-refractivity contribution is 7.79. The fourth-order valence-electron chi connectivity index (χ4n) is 6.58. The molecule has 280 valence electrons. The Hall–Kier alpha value is -5.05. The predicted molar refractivity (Wildman–Crippen MR) is 201 cm³/mol. The van der Waals surface area contributed by atoms with Crippen molar-refractivity contribution in [2.24, 2.45) is 0 Å². The van der Waals surface area contributed by atoms with Crippen molar-refractivity contribution >= 4 is 44.9 Å². The molecule has 4 aromatic carbocycles. The van der Waals surface area contributed by atoms with E-state index in [1.54, 1.807) is 60.7 Å². The summed E-state index contributed by atoms with van der Waals surface area (Å²) in [6, 6.07) is 25.0. The first-order valence-corrected chi connectivity index (χ1v) is 18.5. The number of quaternary nitrogens is 2. The Kier molecular flexibility index (Phi) is 12.2. The number of anilines is 2. The standard InChI is InChI=1S/2C20H22N2O2.H2O4S/c2*1-5-17(22(2,3)4)21-16-12-8-11-15-18(16)20(24)14-10-7-6-9-13(14)19(15)23;1-5(2,3)4/h2*6-12,17H,5H2,1-4H3;(H2,1,2,3,4). The zero-order chi connectivity index (χ0) is 39.5. The van der Waals surface area contributed by atoms with Crippen molar-refractivity contribution < 1.29 is 45.7 Å². The van der Waals surface area contributed by atoms with E-state index >= 15 is 0 Å². The van der Waals surface area contributed by atoms with Gasteiger partial charge in [-0.3, -0.25) is 27.6 Å². The molecule has 0 aliphatic heterocycles. The van der Waals surface area contributed by atoms with Gasteiger partial charge in [0.05, 0.1) is 64.8 Å². The van der Waals surface area contributed by atoms with Crippen molar-refractivity contribution in [2.45, 2.75) is 39.0 Å². The molecular weight excluding hydrogens is 697 g/mol. The minimum absolute atomic E-state index is 0.0813. The maximum atomic E-state index is 13.0. The van der Waals surface area contributed by atoms with E-state index in [0.29, 0.717) is 44.5 Å². The summed E-state index contributed by atoms with van der Waals surface area (Å²) in [6.07, 6.45) is 2.12. The summed E-state index contributed by atoms with van der Waals surface area (Å²) in [5, 5.41) is 6.96. The van der Waals surface area contributed by atoms with E-state index in [1.165, 1.54) is 0 Å². The maximum Gasteiger partial charge on any atom is 0.196 e. The SMILES string of the molecule is CCC(Nc1cccc2c1C(=O)c1ccccc1C2=O)[N+](C)(C)C.CCC(Nc1cccc2c1C(=O)c1ccccc1C2=O)[N+](C)(C)C.O=S(=O)([O-])[O-]. The Bertz CT molecular complexity index is 2020. The number of carbonyl (C=O) groups excluding carboxylic acids is 4. The second kappa shape index (κ2) is 15.9. The summed E-state index contributed by atoms with van der Waals surface area (Å²) < 4.78 is 35.5. The molecule has 4 aromatic rings. The van der Waals surface area contributed by atoms with Crippen LogP contribution in [-0.4, -0.2) is 104 Å². The lowest BCUT2D eigenvalue weighted by atomic mass is 9.83. The predicted octanol–water partition coefficient (Wildman–Crippen LogP) is 5.29. The Balaban J connectivity index is 0.000000210. The third-order valence-corrected chi connectivity index (χ3v) is 9.19. The van der Waals surface area contributed by atoms with Crippen molar-refractivity contribution in [3.05, 3.63) is 129 Å². The first-order chi connectivity index (χ1) is 24.7. The molecule has 0 spiro atoms. The Morgan fingerprint density at radius 2 is 0.755 bits per heavy atom. The number of hydrogen-bond donors (Lipinski definition) is 2. The van der Waals surface area contributed by atoms with Crippen LogP contribution in [0.4, 0.5) is 11.4 Å². The topological polar surface area (TPSA) is 173 Å². The highest BCUT2D eigenvalue weighted by atomic mass is 32.3. The average molecular weight is 743 g/mol. The molecule has 0 saturated heterocycles. The van der Waals surface area contributed by atoms with E-state index < -0.39 is 10.4 Å². The van der Waals surface area contributed by atoms with Gasteiger partial charge in [0, 0.05) is 56.6 Å². The lowest BCUT2D eigenvalue weighted by Gasteiger charge is -2.35. The van der Waals surface area contributed by atoms with Crippen LogP contribution in [0.2, 0.25) is 0 Å². The van der Waals surface area contributed by atoms with Crippen LogP contribution in [0.1, 0.15) is 90.4 Å². The molecule has 2 N–H and O–H groups in total. The van der Waals surface area contributed by atoms with Crippen molar-refractivity contribution in [1.82, 2.24) is 0 Å². The number of nitrogens with zero attached hydrogens (tertiary/aromatic N) is 2. The number of rotatable bonds is 8. The number of carbonyl (C=O) groups is 4. The molecule has 2 aliphatic carbocycles. The van der Waals surface area contributed by atoms with Crippen molar-refractivity contribution in [1.29, 1.82) is 0 Å². The number of hydrogen-bond acceptors (Lipinski definition) is 10. The molecule has 0 heterocycles. The van der Waals surface area contributed by atoms with E-state index in [4.69, 9.17) is 17.5 Å². The van der Waals surface area contributed by atoms with E-state index in [9.17, 15) is 19.2 Å². The number of ketones is 4. The van der Waals surface area contributed by atoms with E-state index in [0.717, 1.165) is 33.2 Å². The third kappa shape index (κ3) is 9.31. The molecule has 0 fully saturated rings. The van der Waals surface area contributed by atoms with Gasteiger partial charge in [-0.1, -0.05) is 86.6 Å². The lowest BCUT2D eigenvalue weighted by Crippen LogP contribution is -2.49. The van der Waals surface area contributed by atoms with Gasteiger partial charge in [0.25, 0.3) is 0 Å². The summed E-state index contributed by atoms with van der Waals surface area (Å²) in [4.78, 5) is 51.5. The number of benzene rings is 4. The molecule has 12 nitrogen and oxygen atoms in total. The zero-order valence-electron chi connectivity index (χ0n) is 31.2. The molecule has 2 aliphatic rings. The minimum atomic E-state index is -5.17. The molecule has 2 atom stereocenters. The van der Waals surface area contributed by atoms with E-state index in [2.05, 4.69) is 66.8 Å². The average Bonchev–Trinajstić information content (AvgIpc) is 3.09. The quantitative estimate of drug-likeness (QED) is 0.0903. The summed E-state index contributed by atoms with van der Waals surface area (Å²) in [5.41, 5.74) is 5.39. The molecule has 0 amide bonds. The van der Waals surface area contributed by atoms with E-state index in [-0.39, 0.29) is 35.5 Å². The van der Waals surface area contributed by atoms with Gasteiger partial charge in [-0.2, -0.15) is 0 Å². The highest BCUT2D eigenvalue weighted by Gasteiger charge is 2.34. The van der Waals surface area contributed by atoms with Gasteiger partial charge in [0.2, 0.25) is 0 Å². The molecule has 6 rings (SSSR count). The molecule has 0 radical (unpaired) electrons. The normalized spacial score (nSPS) is 14.5. The van der Waals surface area contributed by atoms with Gasteiger partial charge in [-0.15, -0.1) is 0 Å². The first kappa shape index (κ1) is 40.7. The van der Waals surface area contributed by atoms with Crippen LogP contribution in [0.5, 0.6) is 0 Å². The Labute approximate surface area is 311 Å². The van der Waals surface area contributed by atoms with Crippen LogP contribution in [0, 0.1) is 0 Å². The maximum absolute atomic E-state index is 13.0. The second-order valence-corrected chi connectivity index (χ2v) is 15.5. The number of nitrogens with one attached hydrogen (secondary N) is 2. The van der Waals surface area contributed by atoms with Crippen molar-refractivity contribution in [3.63, 3.8) is 0 Å². The summed E-state index contributed by atoms with van der Waals surface area (Å²) in [5.74, 6) is -0.330. The molecule has 0 aromatic heterocycles. The summed E-state index contributed by atoms with van der Waals surface area (Å²) >= 11 is 0. The molecule has 13 heteroatoms. The smallest absolute Gasteiger partial charge is 0.196 e. The summed E-state index contributed by atoms with van der Waals surface area (Å²) in [6.45, 7) is 4.22. The zero-order valence-corrected chi connectivity index (χ0v) is 32.0. The third-order valence-electron chi connectivity index (χ3n) is 9.19. The van der Waals surface area contributed by atoms with Crippen LogP contribution in [-0.2, 0) is 10.4 Å². The first-order valence-electron chi connectivity index (χ1n) is 17.1. The fourth-order valence-corrected chi connectivity index (χ4v) is 6.58.